The zero-order valence-corrected chi connectivity index (χ0v) is 11.7. The van der Waals surface area contributed by atoms with Crippen molar-refractivity contribution in [2.45, 2.75) is 23.7 Å². The fraction of sp³-hybridized carbons (Fsp3) is 0.200. The van der Waals surface area contributed by atoms with Crippen molar-refractivity contribution < 1.29 is 5.11 Å². The number of thioether (sulfide) groups is 1. The monoisotopic (exact) mass is 278 g/mol. The van der Waals surface area contributed by atoms with Gasteiger partial charge in [-0.1, -0.05) is 54.1 Å². The summed E-state index contributed by atoms with van der Waals surface area (Å²) in [6.45, 7) is 1.76. The van der Waals surface area contributed by atoms with E-state index in [0.717, 1.165) is 16.2 Å². The van der Waals surface area contributed by atoms with Crippen LogP contribution in [0.4, 0.5) is 0 Å². The predicted octanol–water partition coefficient (Wildman–Crippen LogP) is 4.69. The Labute approximate surface area is 117 Å². The van der Waals surface area contributed by atoms with E-state index in [2.05, 4.69) is 12.1 Å². The van der Waals surface area contributed by atoms with E-state index in [1.807, 2.05) is 36.4 Å². The van der Waals surface area contributed by atoms with E-state index in [4.69, 9.17) is 11.6 Å². The molecule has 0 saturated heterocycles. The first-order valence-corrected chi connectivity index (χ1v) is 7.18. The minimum Gasteiger partial charge on any atom is -0.389 e. The maximum atomic E-state index is 9.75. The molecule has 0 aliphatic rings. The summed E-state index contributed by atoms with van der Waals surface area (Å²) in [7, 11) is 0. The van der Waals surface area contributed by atoms with E-state index >= 15 is 0 Å². The molecule has 1 unspecified atom stereocenters. The zero-order chi connectivity index (χ0) is 13.0. The quantitative estimate of drug-likeness (QED) is 0.819. The summed E-state index contributed by atoms with van der Waals surface area (Å²) < 4.78 is 0. The molecular formula is C15H15ClOS. The van der Waals surface area contributed by atoms with Gasteiger partial charge in [0.1, 0.15) is 0 Å². The largest absolute Gasteiger partial charge is 0.389 e. The van der Waals surface area contributed by atoms with Gasteiger partial charge < -0.3 is 5.11 Å². The molecular weight excluding hydrogens is 264 g/mol. The van der Waals surface area contributed by atoms with Gasteiger partial charge in [-0.05, 0) is 24.1 Å². The smallest absolute Gasteiger partial charge is 0.0773 e. The van der Waals surface area contributed by atoms with Crippen molar-refractivity contribution in [3.63, 3.8) is 0 Å². The first-order valence-electron chi connectivity index (χ1n) is 5.81. The Balaban J connectivity index is 2.19. The Morgan fingerprint density at radius 3 is 2.50 bits per heavy atom. The van der Waals surface area contributed by atoms with Gasteiger partial charge in [-0.3, -0.25) is 0 Å². The summed E-state index contributed by atoms with van der Waals surface area (Å²) in [5.74, 6) is 0.851. The molecule has 0 aromatic heterocycles. The zero-order valence-electron chi connectivity index (χ0n) is 10.1. The summed E-state index contributed by atoms with van der Waals surface area (Å²) in [6.07, 6.45) is -0.498. The summed E-state index contributed by atoms with van der Waals surface area (Å²) in [6, 6.07) is 15.9. The topological polar surface area (TPSA) is 20.2 Å². The highest BCUT2D eigenvalue weighted by molar-refractivity contribution is 7.98. The highest BCUT2D eigenvalue weighted by Crippen LogP contribution is 2.35. The molecule has 3 heteroatoms. The molecule has 0 spiro atoms. The lowest BCUT2D eigenvalue weighted by Gasteiger charge is -2.13. The van der Waals surface area contributed by atoms with Gasteiger partial charge in [0.05, 0.1) is 11.1 Å². The van der Waals surface area contributed by atoms with Gasteiger partial charge in [0, 0.05) is 10.6 Å². The second kappa shape index (κ2) is 6.28. The molecule has 0 aliphatic heterocycles. The van der Waals surface area contributed by atoms with Crippen LogP contribution in [-0.4, -0.2) is 5.11 Å². The fourth-order valence-corrected chi connectivity index (χ4v) is 3.20. The van der Waals surface area contributed by atoms with Crippen LogP contribution in [0.1, 0.15) is 24.2 Å². The lowest BCUT2D eigenvalue weighted by Crippen LogP contribution is -1.95. The third kappa shape index (κ3) is 3.29. The minimum absolute atomic E-state index is 0.498. The second-order valence-corrected chi connectivity index (χ2v) is 5.50. The van der Waals surface area contributed by atoms with E-state index < -0.39 is 6.10 Å². The van der Waals surface area contributed by atoms with E-state index in [9.17, 15) is 5.11 Å². The van der Waals surface area contributed by atoms with Gasteiger partial charge in [-0.2, -0.15) is 0 Å². The van der Waals surface area contributed by atoms with Crippen molar-refractivity contribution in [3.05, 3.63) is 64.7 Å². The maximum Gasteiger partial charge on any atom is 0.0773 e. The molecule has 2 aromatic carbocycles. The fourth-order valence-electron chi connectivity index (χ4n) is 1.74. The van der Waals surface area contributed by atoms with Crippen LogP contribution < -0.4 is 0 Å². The molecule has 1 atom stereocenters. The van der Waals surface area contributed by atoms with Crippen molar-refractivity contribution in [2.24, 2.45) is 0 Å². The van der Waals surface area contributed by atoms with Gasteiger partial charge in [0.15, 0.2) is 0 Å². The van der Waals surface area contributed by atoms with Gasteiger partial charge in [-0.25, -0.2) is 0 Å². The standard InChI is InChI=1S/C15H15ClOS/c1-11(17)13-8-5-9-14(16)15(13)18-10-12-6-3-2-4-7-12/h2-9,11,17H,10H2,1H3. The van der Waals surface area contributed by atoms with E-state index in [1.165, 1.54) is 5.56 Å². The molecule has 18 heavy (non-hydrogen) atoms. The lowest BCUT2D eigenvalue weighted by molar-refractivity contribution is 0.196. The van der Waals surface area contributed by atoms with Crippen LogP contribution in [0.15, 0.2) is 53.4 Å². The summed E-state index contributed by atoms with van der Waals surface area (Å²) >= 11 is 7.87. The average molecular weight is 279 g/mol. The number of benzene rings is 2. The van der Waals surface area contributed by atoms with Crippen LogP contribution in [0.3, 0.4) is 0 Å². The SMILES string of the molecule is CC(O)c1cccc(Cl)c1SCc1ccccc1. The van der Waals surface area contributed by atoms with Crippen molar-refractivity contribution in [1.82, 2.24) is 0 Å². The van der Waals surface area contributed by atoms with Gasteiger partial charge in [0.25, 0.3) is 0 Å². The van der Waals surface area contributed by atoms with Crippen LogP contribution in [0.2, 0.25) is 5.02 Å². The number of aliphatic hydroxyl groups is 1. The highest BCUT2D eigenvalue weighted by Gasteiger charge is 2.11. The summed E-state index contributed by atoms with van der Waals surface area (Å²) in [5.41, 5.74) is 2.14. The highest BCUT2D eigenvalue weighted by atomic mass is 35.5. The van der Waals surface area contributed by atoms with E-state index in [-0.39, 0.29) is 0 Å². The molecule has 1 N–H and O–H groups in total. The molecule has 0 saturated carbocycles. The van der Waals surface area contributed by atoms with Gasteiger partial charge in [-0.15, -0.1) is 11.8 Å². The number of rotatable bonds is 4. The van der Waals surface area contributed by atoms with Crippen LogP contribution >= 0.6 is 23.4 Å². The Kier molecular flexibility index (Phi) is 4.70. The number of hydrogen-bond donors (Lipinski definition) is 1. The molecule has 0 aliphatic carbocycles. The molecule has 0 radical (unpaired) electrons. The van der Waals surface area contributed by atoms with Crippen molar-refractivity contribution in [3.8, 4) is 0 Å². The maximum absolute atomic E-state index is 9.75. The predicted molar refractivity (Wildman–Crippen MR) is 78.1 cm³/mol. The first-order chi connectivity index (χ1) is 8.68. The summed E-state index contributed by atoms with van der Waals surface area (Å²) in [5, 5.41) is 10.5. The first kappa shape index (κ1) is 13.5. The van der Waals surface area contributed by atoms with E-state index in [1.54, 1.807) is 18.7 Å². The average Bonchev–Trinajstić information content (AvgIpc) is 2.38. The van der Waals surface area contributed by atoms with Crippen LogP contribution in [-0.2, 0) is 5.75 Å². The molecule has 94 valence electrons. The molecule has 0 amide bonds. The normalized spacial score (nSPS) is 12.4. The lowest BCUT2D eigenvalue weighted by atomic mass is 10.1. The molecule has 0 heterocycles. The van der Waals surface area contributed by atoms with Crippen LogP contribution in [0.5, 0.6) is 0 Å². The van der Waals surface area contributed by atoms with Crippen molar-refractivity contribution >= 4 is 23.4 Å². The molecule has 0 fully saturated rings. The number of aliphatic hydroxyl groups excluding tert-OH is 1. The van der Waals surface area contributed by atoms with E-state index in [0.29, 0.717) is 5.02 Å². The second-order valence-electron chi connectivity index (χ2n) is 4.11. The molecule has 2 rings (SSSR count). The Hall–Kier alpha value is -0.960. The third-order valence-electron chi connectivity index (χ3n) is 2.67. The number of hydrogen-bond acceptors (Lipinski definition) is 2. The van der Waals surface area contributed by atoms with Gasteiger partial charge >= 0.3 is 0 Å². The Morgan fingerprint density at radius 2 is 1.83 bits per heavy atom. The van der Waals surface area contributed by atoms with Gasteiger partial charge in [0.2, 0.25) is 0 Å². The van der Waals surface area contributed by atoms with Crippen LogP contribution in [0.25, 0.3) is 0 Å². The minimum atomic E-state index is -0.498. The van der Waals surface area contributed by atoms with Crippen LogP contribution in [0, 0.1) is 0 Å². The Morgan fingerprint density at radius 1 is 1.11 bits per heavy atom. The number of halogens is 1. The molecule has 2 aromatic rings. The summed E-state index contributed by atoms with van der Waals surface area (Å²) in [4.78, 5) is 0.970. The molecule has 1 nitrogen and oxygen atoms in total. The van der Waals surface area contributed by atoms with Crippen molar-refractivity contribution in [1.29, 1.82) is 0 Å². The van der Waals surface area contributed by atoms with Crippen molar-refractivity contribution in [2.75, 3.05) is 0 Å². The Bertz CT molecular complexity index is 511. The molecule has 0 bridgehead atoms. The third-order valence-corrected chi connectivity index (χ3v) is 4.32.